The Labute approximate surface area is 109 Å². The molecular formula is C10H9BrClF4N. The summed E-state index contributed by atoms with van der Waals surface area (Å²) < 4.78 is 49.4. The normalized spacial score (nSPS) is 12.2. The van der Waals surface area contributed by atoms with Gasteiger partial charge in [-0.3, -0.25) is 0 Å². The van der Waals surface area contributed by atoms with Crippen LogP contribution in [-0.4, -0.2) is 18.9 Å². The molecule has 1 N–H and O–H groups in total. The van der Waals surface area contributed by atoms with Gasteiger partial charge in [0.25, 0.3) is 0 Å². The Bertz CT molecular complexity index is 387. The second-order valence-electron chi connectivity index (χ2n) is 3.41. The second-order valence-corrected chi connectivity index (χ2v) is 4.68. The molecule has 0 atom stereocenters. The van der Waals surface area contributed by atoms with Crippen LogP contribution in [0.5, 0.6) is 0 Å². The van der Waals surface area contributed by atoms with Crippen LogP contribution in [0, 0.1) is 0 Å². The third-order valence-electron chi connectivity index (χ3n) is 1.99. The van der Waals surface area contributed by atoms with E-state index in [0.717, 1.165) is 0 Å². The minimum absolute atomic E-state index is 0.0675. The average Bonchev–Trinajstić information content (AvgIpc) is 2.23. The van der Waals surface area contributed by atoms with Gasteiger partial charge in [-0.2, -0.15) is 8.78 Å². The number of alkyl halides is 4. The minimum atomic E-state index is -4.01. The van der Waals surface area contributed by atoms with Crippen LogP contribution in [0.25, 0.3) is 0 Å². The number of hydrogen-bond donors (Lipinski definition) is 1. The van der Waals surface area contributed by atoms with Crippen LogP contribution in [0.4, 0.5) is 17.6 Å². The van der Waals surface area contributed by atoms with Gasteiger partial charge in [-0.15, -0.1) is 0 Å². The van der Waals surface area contributed by atoms with Crippen molar-refractivity contribution in [2.75, 3.05) is 6.54 Å². The Hall–Kier alpha value is -0.330. The molecule has 1 rings (SSSR count). The molecule has 0 aliphatic heterocycles. The van der Waals surface area contributed by atoms with E-state index in [0.29, 0.717) is 15.1 Å². The van der Waals surface area contributed by atoms with Crippen LogP contribution in [-0.2, 0) is 6.54 Å². The summed E-state index contributed by atoms with van der Waals surface area (Å²) in [7, 11) is 0. The van der Waals surface area contributed by atoms with Crippen molar-refractivity contribution in [2.24, 2.45) is 0 Å². The van der Waals surface area contributed by atoms with Crippen molar-refractivity contribution in [1.82, 2.24) is 5.32 Å². The first-order valence-corrected chi connectivity index (χ1v) is 5.80. The smallest absolute Gasteiger partial charge is 0.307 e. The molecule has 0 amide bonds. The Kier molecular flexibility index (Phi) is 5.22. The van der Waals surface area contributed by atoms with Gasteiger partial charge >= 0.3 is 12.3 Å². The molecule has 0 fully saturated rings. The number of hydrogen-bond acceptors (Lipinski definition) is 1. The molecule has 0 bridgehead atoms. The Morgan fingerprint density at radius 1 is 1.35 bits per heavy atom. The van der Waals surface area contributed by atoms with Gasteiger partial charge in [-0.1, -0.05) is 17.7 Å². The Morgan fingerprint density at radius 2 is 2.00 bits per heavy atom. The van der Waals surface area contributed by atoms with Crippen molar-refractivity contribution in [2.45, 2.75) is 18.9 Å². The summed E-state index contributed by atoms with van der Waals surface area (Å²) in [5.41, 5.74) is 0.673. The number of nitrogens with one attached hydrogen (secondary N) is 1. The summed E-state index contributed by atoms with van der Waals surface area (Å²) in [5, 5.41) is 2.77. The molecule has 96 valence electrons. The fraction of sp³-hybridized carbons (Fsp3) is 0.400. The molecule has 7 heteroatoms. The molecule has 17 heavy (non-hydrogen) atoms. The Balaban J connectivity index is 2.49. The quantitative estimate of drug-likeness (QED) is 0.800. The van der Waals surface area contributed by atoms with Gasteiger partial charge < -0.3 is 5.32 Å². The lowest BCUT2D eigenvalue weighted by Crippen LogP contribution is -2.38. The molecule has 0 aliphatic rings. The number of rotatable bonds is 5. The molecule has 0 radical (unpaired) electrons. The first kappa shape index (κ1) is 14.7. The minimum Gasteiger partial charge on any atom is -0.307 e. The highest BCUT2D eigenvalue weighted by Gasteiger charge is 2.39. The lowest BCUT2D eigenvalue weighted by Gasteiger charge is -2.15. The summed E-state index contributed by atoms with van der Waals surface area (Å²) in [6, 6.07) is 4.85. The first-order chi connectivity index (χ1) is 7.83. The third-order valence-corrected chi connectivity index (χ3v) is 3.21. The molecule has 0 spiro atoms. The van der Waals surface area contributed by atoms with Gasteiger partial charge in [0.15, 0.2) is 0 Å². The van der Waals surface area contributed by atoms with Crippen molar-refractivity contribution in [3.05, 3.63) is 33.3 Å². The number of halogens is 6. The van der Waals surface area contributed by atoms with Crippen molar-refractivity contribution in [3.63, 3.8) is 0 Å². The average molecular weight is 335 g/mol. The molecular weight excluding hydrogens is 325 g/mol. The molecule has 0 aliphatic carbocycles. The summed E-state index contributed by atoms with van der Waals surface area (Å²) in [5.74, 6) is -4.01. The van der Waals surface area contributed by atoms with Crippen molar-refractivity contribution < 1.29 is 17.6 Å². The van der Waals surface area contributed by atoms with E-state index in [1.165, 1.54) is 0 Å². The highest BCUT2D eigenvalue weighted by molar-refractivity contribution is 9.10. The zero-order valence-electron chi connectivity index (χ0n) is 8.49. The highest BCUT2D eigenvalue weighted by atomic mass is 79.9. The topological polar surface area (TPSA) is 12.0 Å². The van der Waals surface area contributed by atoms with E-state index in [4.69, 9.17) is 11.6 Å². The first-order valence-electron chi connectivity index (χ1n) is 4.63. The molecule has 0 heterocycles. The standard InChI is InChI=1S/C10H9BrClF4N/c11-7-3-6(1-2-8(7)12)4-17-5-10(15,16)9(13)14/h1-3,9,17H,4-5H2. The molecule has 0 aromatic heterocycles. The maximum atomic E-state index is 12.5. The zero-order valence-corrected chi connectivity index (χ0v) is 10.8. The summed E-state index contributed by atoms with van der Waals surface area (Å²) in [6.45, 7) is -0.997. The molecule has 0 unspecified atom stereocenters. The molecule has 1 aromatic carbocycles. The maximum absolute atomic E-state index is 12.5. The van der Waals surface area contributed by atoms with Crippen LogP contribution >= 0.6 is 27.5 Å². The van der Waals surface area contributed by atoms with Gasteiger partial charge in [-0.05, 0) is 33.6 Å². The van der Waals surface area contributed by atoms with E-state index in [-0.39, 0.29) is 6.54 Å². The largest absolute Gasteiger partial charge is 0.319 e. The van der Waals surface area contributed by atoms with Crippen LogP contribution in [0.1, 0.15) is 5.56 Å². The van der Waals surface area contributed by atoms with Gasteiger partial charge in [0.2, 0.25) is 0 Å². The van der Waals surface area contributed by atoms with Gasteiger partial charge in [0.1, 0.15) is 0 Å². The molecule has 0 saturated heterocycles. The lowest BCUT2D eigenvalue weighted by molar-refractivity contribution is -0.125. The van der Waals surface area contributed by atoms with Crippen LogP contribution in [0.3, 0.4) is 0 Å². The van der Waals surface area contributed by atoms with Gasteiger partial charge in [0, 0.05) is 11.0 Å². The Morgan fingerprint density at radius 3 is 2.53 bits per heavy atom. The third kappa shape index (κ3) is 4.44. The predicted octanol–water partition coefficient (Wildman–Crippen LogP) is 4.09. The highest BCUT2D eigenvalue weighted by Crippen LogP contribution is 2.24. The van der Waals surface area contributed by atoms with E-state index >= 15 is 0 Å². The molecule has 1 aromatic rings. The summed E-state index contributed by atoms with van der Waals surface area (Å²) >= 11 is 8.92. The summed E-state index contributed by atoms with van der Waals surface area (Å²) in [6.07, 6.45) is -3.66. The van der Waals surface area contributed by atoms with Gasteiger partial charge in [0.05, 0.1) is 11.6 Å². The molecule has 0 saturated carbocycles. The summed E-state index contributed by atoms with van der Waals surface area (Å²) in [4.78, 5) is 0. The van der Waals surface area contributed by atoms with E-state index in [1.807, 2.05) is 0 Å². The predicted molar refractivity (Wildman–Crippen MR) is 61.8 cm³/mol. The van der Waals surface area contributed by atoms with E-state index in [1.54, 1.807) is 18.2 Å². The second kappa shape index (κ2) is 6.02. The van der Waals surface area contributed by atoms with Crippen LogP contribution in [0.2, 0.25) is 5.02 Å². The van der Waals surface area contributed by atoms with Crippen molar-refractivity contribution in [3.8, 4) is 0 Å². The zero-order chi connectivity index (χ0) is 13.1. The van der Waals surface area contributed by atoms with Crippen molar-refractivity contribution in [1.29, 1.82) is 0 Å². The molecule has 1 nitrogen and oxygen atoms in total. The monoisotopic (exact) mass is 333 g/mol. The van der Waals surface area contributed by atoms with Crippen LogP contribution < -0.4 is 5.32 Å². The van der Waals surface area contributed by atoms with Gasteiger partial charge in [-0.25, -0.2) is 8.78 Å². The van der Waals surface area contributed by atoms with E-state index < -0.39 is 18.9 Å². The lowest BCUT2D eigenvalue weighted by atomic mass is 10.2. The maximum Gasteiger partial charge on any atom is 0.319 e. The fourth-order valence-corrected chi connectivity index (χ4v) is 1.64. The SMILES string of the molecule is FC(F)C(F)(F)CNCc1ccc(Cl)c(Br)c1. The number of benzene rings is 1. The van der Waals surface area contributed by atoms with Crippen molar-refractivity contribution >= 4 is 27.5 Å². The van der Waals surface area contributed by atoms with E-state index in [2.05, 4.69) is 21.2 Å². The van der Waals surface area contributed by atoms with E-state index in [9.17, 15) is 17.6 Å². The van der Waals surface area contributed by atoms with Crippen LogP contribution in [0.15, 0.2) is 22.7 Å². The fourth-order valence-electron chi connectivity index (χ4n) is 1.10.